The Morgan fingerprint density at radius 2 is 1.95 bits per heavy atom. The summed E-state index contributed by atoms with van der Waals surface area (Å²) in [6.07, 6.45) is 0.970. The number of carbonyl (C=O) groups is 2. The molecule has 202 valence electrons. The maximum Gasteiger partial charge on any atom is 0.417 e. The van der Waals surface area contributed by atoms with Crippen LogP contribution in [0.5, 0.6) is 0 Å². The topological polar surface area (TPSA) is 107 Å². The zero-order valence-corrected chi connectivity index (χ0v) is 21.9. The number of piperidine rings is 1. The van der Waals surface area contributed by atoms with Gasteiger partial charge in [0.05, 0.1) is 16.0 Å². The molecule has 1 aliphatic heterocycles. The SMILES string of the molecule is C[C@H]1CCCCN1C(=O)c1nc(C(=O)NCC(C)(C)O)sc1-c1cnc(NCC2CC2)cc1C(F)(F)F. The molecule has 0 radical (unpaired) electrons. The highest BCUT2D eigenvalue weighted by atomic mass is 32.1. The van der Waals surface area contributed by atoms with Crippen LogP contribution in [-0.4, -0.2) is 63.1 Å². The molecular formula is C25H32F3N5O3S. The van der Waals surface area contributed by atoms with E-state index in [-0.39, 0.29) is 39.5 Å². The zero-order valence-electron chi connectivity index (χ0n) is 21.1. The third kappa shape index (κ3) is 6.78. The van der Waals surface area contributed by atoms with Crippen LogP contribution in [0.2, 0.25) is 0 Å². The minimum atomic E-state index is -4.72. The molecule has 0 aromatic carbocycles. The van der Waals surface area contributed by atoms with E-state index in [4.69, 9.17) is 0 Å². The molecular weight excluding hydrogens is 507 g/mol. The molecule has 3 heterocycles. The number of halogens is 3. The molecule has 1 aliphatic carbocycles. The molecule has 4 rings (SSSR count). The van der Waals surface area contributed by atoms with E-state index in [0.29, 0.717) is 30.3 Å². The van der Waals surface area contributed by atoms with Gasteiger partial charge in [0, 0.05) is 37.4 Å². The first-order valence-corrected chi connectivity index (χ1v) is 13.3. The van der Waals surface area contributed by atoms with Crippen molar-refractivity contribution in [2.75, 3.05) is 25.0 Å². The van der Waals surface area contributed by atoms with E-state index in [0.717, 1.165) is 44.4 Å². The number of pyridine rings is 1. The van der Waals surface area contributed by atoms with Gasteiger partial charge in [-0.15, -0.1) is 11.3 Å². The first-order chi connectivity index (χ1) is 17.3. The summed E-state index contributed by atoms with van der Waals surface area (Å²) in [7, 11) is 0. The van der Waals surface area contributed by atoms with Crippen LogP contribution in [0, 0.1) is 5.92 Å². The summed E-state index contributed by atoms with van der Waals surface area (Å²) in [6.45, 7) is 5.83. The molecule has 2 fully saturated rings. The number of aromatic nitrogens is 2. The maximum absolute atomic E-state index is 14.2. The highest BCUT2D eigenvalue weighted by Crippen LogP contribution is 2.42. The Labute approximate surface area is 217 Å². The van der Waals surface area contributed by atoms with Crippen molar-refractivity contribution in [2.24, 2.45) is 5.92 Å². The number of hydrogen-bond acceptors (Lipinski definition) is 7. The van der Waals surface area contributed by atoms with Gasteiger partial charge in [-0.2, -0.15) is 13.2 Å². The number of anilines is 1. The number of rotatable bonds is 8. The number of alkyl halides is 3. The monoisotopic (exact) mass is 539 g/mol. The largest absolute Gasteiger partial charge is 0.417 e. The van der Waals surface area contributed by atoms with Gasteiger partial charge in [-0.1, -0.05) is 0 Å². The summed E-state index contributed by atoms with van der Waals surface area (Å²) in [5, 5.41) is 15.3. The van der Waals surface area contributed by atoms with Crippen molar-refractivity contribution < 1.29 is 27.9 Å². The predicted molar refractivity (Wildman–Crippen MR) is 135 cm³/mol. The van der Waals surface area contributed by atoms with Crippen molar-refractivity contribution in [3.05, 3.63) is 28.5 Å². The van der Waals surface area contributed by atoms with Crippen LogP contribution in [0.1, 0.15) is 78.7 Å². The van der Waals surface area contributed by atoms with E-state index in [1.54, 1.807) is 4.90 Å². The average molecular weight is 540 g/mol. The molecule has 3 N–H and O–H groups in total. The van der Waals surface area contributed by atoms with Crippen molar-refractivity contribution in [3.8, 4) is 10.4 Å². The highest BCUT2D eigenvalue weighted by molar-refractivity contribution is 7.17. The lowest BCUT2D eigenvalue weighted by Crippen LogP contribution is -2.42. The quantitative estimate of drug-likeness (QED) is 0.454. The number of nitrogens with one attached hydrogen (secondary N) is 2. The lowest BCUT2D eigenvalue weighted by molar-refractivity contribution is -0.137. The number of amides is 2. The van der Waals surface area contributed by atoms with Crippen LogP contribution < -0.4 is 10.6 Å². The minimum Gasteiger partial charge on any atom is -0.389 e. The Kier molecular flexibility index (Phi) is 7.80. The number of likely N-dealkylation sites (tertiary alicyclic amines) is 1. The van der Waals surface area contributed by atoms with Crippen LogP contribution in [0.4, 0.5) is 19.0 Å². The van der Waals surface area contributed by atoms with Gasteiger partial charge in [0.2, 0.25) is 0 Å². The summed E-state index contributed by atoms with van der Waals surface area (Å²) >= 11 is 0.717. The second-order valence-corrected chi connectivity index (χ2v) is 11.5. The third-order valence-corrected chi connectivity index (χ3v) is 7.58. The van der Waals surface area contributed by atoms with E-state index < -0.39 is 29.2 Å². The van der Waals surface area contributed by atoms with Crippen molar-refractivity contribution >= 4 is 29.0 Å². The zero-order chi connectivity index (χ0) is 27.0. The first kappa shape index (κ1) is 27.3. The van der Waals surface area contributed by atoms with Gasteiger partial charge in [-0.05, 0) is 64.9 Å². The van der Waals surface area contributed by atoms with Crippen LogP contribution >= 0.6 is 11.3 Å². The Hall–Kier alpha value is -2.73. The van der Waals surface area contributed by atoms with Crippen LogP contribution in [0.3, 0.4) is 0 Å². The molecule has 0 spiro atoms. The summed E-state index contributed by atoms with van der Waals surface area (Å²) in [5.41, 5.74) is -2.64. The lowest BCUT2D eigenvalue weighted by atomic mass is 10.0. The Morgan fingerprint density at radius 1 is 1.22 bits per heavy atom. The fourth-order valence-electron chi connectivity index (χ4n) is 4.19. The molecule has 1 saturated heterocycles. The lowest BCUT2D eigenvalue weighted by Gasteiger charge is -2.33. The van der Waals surface area contributed by atoms with Crippen molar-refractivity contribution in [1.29, 1.82) is 0 Å². The van der Waals surface area contributed by atoms with Crippen molar-refractivity contribution in [3.63, 3.8) is 0 Å². The molecule has 0 unspecified atom stereocenters. The molecule has 1 saturated carbocycles. The summed E-state index contributed by atoms with van der Waals surface area (Å²) in [5.74, 6) is -0.640. The van der Waals surface area contributed by atoms with E-state index in [2.05, 4.69) is 20.6 Å². The van der Waals surface area contributed by atoms with Gasteiger partial charge in [0.25, 0.3) is 11.8 Å². The number of hydrogen-bond donors (Lipinski definition) is 3. The van der Waals surface area contributed by atoms with Crippen molar-refractivity contribution in [2.45, 2.75) is 70.7 Å². The normalized spacial score (nSPS) is 18.6. The minimum absolute atomic E-state index is 0.0512. The van der Waals surface area contributed by atoms with Gasteiger partial charge in [-0.25, -0.2) is 9.97 Å². The van der Waals surface area contributed by atoms with E-state index in [9.17, 15) is 27.9 Å². The first-order valence-electron chi connectivity index (χ1n) is 12.5. The van der Waals surface area contributed by atoms with Gasteiger partial charge < -0.3 is 20.6 Å². The molecule has 2 aromatic heterocycles. The Balaban J connectivity index is 1.76. The number of carbonyl (C=O) groups excluding carboxylic acids is 2. The molecule has 1 atom stereocenters. The number of aliphatic hydroxyl groups is 1. The van der Waals surface area contributed by atoms with Crippen LogP contribution in [0.25, 0.3) is 10.4 Å². The molecule has 2 amide bonds. The maximum atomic E-state index is 14.2. The second-order valence-electron chi connectivity index (χ2n) is 10.5. The Morgan fingerprint density at radius 3 is 2.57 bits per heavy atom. The van der Waals surface area contributed by atoms with Gasteiger partial charge in [-0.3, -0.25) is 9.59 Å². The van der Waals surface area contributed by atoms with Crippen molar-refractivity contribution in [1.82, 2.24) is 20.2 Å². The van der Waals surface area contributed by atoms with Gasteiger partial charge in [0.15, 0.2) is 5.01 Å². The van der Waals surface area contributed by atoms with Gasteiger partial charge in [0.1, 0.15) is 11.5 Å². The van der Waals surface area contributed by atoms with E-state index in [1.165, 1.54) is 13.8 Å². The Bertz CT molecular complexity index is 1160. The number of nitrogens with zero attached hydrogens (tertiary/aromatic N) is 3. The third-order valence-electron chi connectivity index (χ3n) is 6.49. The fourth-order valence-corrected chi connectivity index (χ4v) is 5.19. The summed E-state index contributed by atoms with van der Waals surface area (Å²) < 4.78 is 42.7. The molecule has 12 heteroatoms. The number of thiazole rings is 1. The molecule has 8 nitrogen and oxygen atoms in total. The highest BCUT2D eigenvalue weighted by Gasteiger charge is 2.38. The molecule has 2 aromatic rings. The van der Waals surface area contributed by atoms with Gasteiger partial charge >= 0.3 is 6.18 Å². The smallest absolute Gasteiger partial charge is 0.389 e. The second kappa shape index (κ2) is 10.6. The molecule has 37 heavy (non-hydrogen) atoms. The van der Waals surface area contributed by atoms with E-state index in [1.807, 2.05) is 6.92 Å². The van der Waals surface area contributed by atoms with E-state index >= 15 is 0 Å². The van der Waals surface area contributed by atoms with Crippen LogP contribution in [-0.2, 0) is 6.18 Å². The summed E-state index contributed by atoms with van der Waals surface area (Å²) in [4.78, 5) is 36.3. The molecule has 0 bridgehead atoms. The average Bonchev–Trinajstić information content (AvgIpc) is 3.55. The summed E-state index contributed by atoms with van der Waals surface area (Å²) in [6, 6.07) is 0.848. The predicted octanol–water partition coefficient (Wildman–Crippen LogP) is 4.56. The van der Waals surface area contributed by atoms with Crippen LogP contribution in [0.15, 0.2) is 12.3 Å². The molecule has 2 aliphatic rings. The standard InChI is InChI=1S/C25H32F3N5O3S/c1-14-6-4-5-9-33(14)23(35)19-20(37-22(32-19)21(34)31-13-24(2,3)36)16-12-30-18(29-11-15-7-8-15)10-17(16)25(26,27)28/h10,12,14-15,36H,4-9,11,13H2,1-3H3,(H,29,30)(H,31,34)/t14-/m0/s1. The fraction of sp³-hybridized carbons (Fsp3) is 0.600.